The average Bonchev–Trinajstić information content (AvgIpc) is 2.10. The van der Waals surface area contributed by atoms with Gasteiger partial charge in [-0.25, -0.2) is 0 Å². The summed E-state index contributed by atoms with van der Waals surface area (Å²) < 4.78 is 37.1. The molecule has 0 heterocycles. The molecule has 0 aliphatic rings. The van der Waals surface area contributed by atoms with Crippen LogP contribution in [-0.2, 0) is 0 Å². The fourth-order valence-corrected chi connectivity index (χ4v) is 0.935. The Morgan fingerprint density at radius 1 is 1.50 bits per heavy atom. The quantitative estimate of drug-likeness (QED) is 0.528. The van der Waals surface area contributed by atoms with E-state index in [9.17, 15) is 13.2 Å². The molecule has 0 radical (unpaired) electrons. The van der Waals surface area contributed by atoms with Gasteiger partial charge in [-0.05, 0) is 6.08 Å². The smallest absolute Gasteiger partial charge is 0.166 e. The summed E-state index contributed by atoms with van der Waals surface area (Å²) in [6.45, 7) is 3.28. The molecule has 0 atom stereocenters. The summed E-state index contributed by atoms with van der Waals surface area (Å²) in [4.78, 5) is 0. The molecule has 0 aromatic carbocycles. The van der Waals surface area contributed by atoms with Crippen molar-refractivity contribution < 1.29 is 13.2 Å². The number of allylic oxidation sites excluding steroid dienone is 5. The minimum Gasteiger partial charge on any atom is -0.166 e. The van der Waals surface area contributed by atoms with Gasteiger partial charge in [0.2, 0.25) is 0 Å². The minimum absolute atomic E-state index is 0.151. The number of halogens is 5. The van der Waals surface area contributed by atoms with E-state index in [0.29, 0.717) is 0 Å². The molecule has 0 aliphatic carbocycles. The highest BCUT2D eigenvalue weighted by Crippen LogP contribution is 2.32. The molecule has 0 fully saturated rings. The first kappa shape index (κ1) is 13.3. The van der Waals surface area contributed by atoms with Crippen LogP contribution in [0.5, 0.6) is 0 Å². The van der Waals surface area contributed by atoms with Gasteiger partial charge in [-0.3, -0.25) is 0 Å². The zero-order valence-corrected chi connectivity index (χ0v) is 9.17. The number of rotatable bonds is 2. The Labute approximate surface area is 93.3 Å². The highest BCUT2D eigenvalue weighted by molar-refractivity contribution is 9.11. The highest BCUT2D eigenvalue weighted by atomic mass is 79.9. The first-order valence-corrected chi connectivity index (χ1v) is 4.43. The molecule has 0 N–H and O–H groups in total. The minimum atomic E-state index is -4.58. The third-order valence-corrected chi connectivity index (χ3v) is 2.01. The molecular weight excluding hydrogens is 280 g/mol. The van der Waals surface area contributed by atoms with Crippen LogP contribution in [-0.4, -0.2) is 6.18 Å². The van der Waals surface area contributed by atoms with E-state index < -0.39 is 16.8 Å². The first-order valence-electron chi connectivity index (χ1n) is 3.26. The highest BCUT2D eigenvalue weighted by Gasteiger charge is 2.34. The Morgan fingerprint density at radius 2 is 2.00 bits per heavy atom. The average molecular weight is 285 g/mol. The van der Waals surface area contributed by atoms with Crippen LogP contribution in [0.15, 0.2) is 33.8 Å². The number of hydrogen-bond donors (Lipinski definition) is 0. The van der Waals surface area contributed by atoms with E-state index in [1.807, 2.05) is 0 Å². The molecule has 5 heteroatoms. The fraction of sp³-hybridized carbons (Fsp3) is 0.111. The number of alkyl halides is 3. The van der Waals surface area contributed by atoms with E-state index in [1.54, 1.807) is 5.92 Å². The summed E-state index contributed by atoms with van der Waals surface area (Å²) in [5.74, 6) is 1.73. The van der Waals surface area contributed by atoms with Gasteiger partial charge in [-0.1, -0.05) is 46.1 Å². The lowest BCUT2D eigenvalue weighted by Gasteiger charge is -2.08. The molecule has 0 unspecified atom stereocenters. The van der Waals surface area contributed by atoms with Crippen molar-refractivity contribution >= 4 is 27.5 Å². The van der Waals surface area contributed by atoms with Crippen molar-refractivity contribution in [1.82, 2.24) is 0 Å². The molecule has 0 spiro atoms. The van der Waals surface area contributed by atoms with Crippen molar-refractivity contribution in [3.8, 4) is 12.3 Å². The van der Waals surface area contributed by atoms with Crippen LogP contribution in [0.3, 0.4) is 0 Å². The van der Waals surface area contributed by atoms with E-state index in [1.165, 1.54) is 6.08 Å². The van der Waals surface area contributed by atoms with E-state index in [-0.39, 0.29) is 4.48 Å². The van der Waals surface area contributed by atoms with E-state index in [2.05, 4.69) is 22.5 Å². The zero-order valence-electron chi connectivity index (χ0n) is 6.83. The van der Waals surface area contributed by atoms with Crippen molar-refractivity contribution in [2.45, 2.75) is 6.18 Å². The Bertz CT molecular complexity index is 331. The lowest BCUT2D eigenvalue weighted by molar-refractivity contribution is -0.0883. The summed E-state index contributed by atoms with van der Waals surface area (Å²) in [5.41, 5.74) is -1.08. The lowest BCUT2D eigenvalue weighted by atomic mass is 10.2. The largest absolute Gasteiger partial charge is 0.418 e. The molecule has 0 saturated heterocycles. The maximum atomic E-state index is 12.3. The molecule has 0 aromatic rings. The fourth-order valence-electron chi connectivity index (χ4n) is 0.544. The van der Waals surface area contributed by atoms with Crippen molar-refractivity contribution in [2.24, 2.45) is 0 Å². The molecule has 0 aliphatic heterocycles. The predicted octanol–water partition coefficient (Wildman–Crippen LogP) is 4.14. The standard InChI is InChI=1S/C9H5BrClF3/c1-3-6(10)5-7(8(11)4-2)9(12,13)14/h2-3,5H,1H2/b6-5+,8-7-. The molecular formula is C9H5BrClF3. The van der Waals surface area contributed by atoms with E-state index in [4.69, 9.17) is 18.0 Å². The van der Waals surface area contributed by atoms with Gasteiger partial charge in [0, 0.05) is 4.48 Å². The number of hydrogen-bond acceptors (Lipinski definition) is 0. The van der Waals surface area contributed by atoms with E-state index >= 15 is 0 Å². The topological polar surface area (TPSA) is 0 Å². The molecule has 0 aromatic heterocycles. The van der Waals surface area contributed by atoms with Crippen molar-refractivity contribution in [3.05, 3.63) is 33.8 Å². The monoisotopic (exact) mass is 284 g/mol. The summed E-state index contributed by atoms with van der Waals surface area (Å²) in [7, 11) is 0. The van der Waals surface area contributed by atoms with Crippen LogP contribution in [0.2, 0.25) is 0 Å². The first-order chi connectivity index (χ1) is 6.32. The summed E-state index contributed by atoms with van der Waals surface area (Å²) >= 11 is 8.09. The van der Waals surface area contributed by atoms with Gasteiger partial charge in [-0.2, -0.15) is 13.2 Å². The summed E-state index contributed by atoms with van der Waals surface area (Å²) in [6, 6.07) is 0. The van der Waals surface area contributed by atoms with Gasteiger partial charge in [0.05, 0.1) is 5.57 Å². The summed E-state index contributed by atoms with van der Waals surface area (Å²) in [5, 5.41) is -0.684. The van der Waals surface area contributed by atoms with Gasteiger partial charge in [0.25, 0.3) is 0 Å². The molecule has 0 nitrogen and oxygen atoms in total. The SMILES string of the molecule is C#C/C(Cl)=C(\C=C(\Br)C=C)C(F)(F)F. The lowest BCUT2D eigenvalue weighted by Crippen LogP contribution is -2.11. The van der Waals surface area contributed by atoms with Gasteiger partial charge >= 0.3 is 6.18 Å². The molecule has 0 bridgehead atoms. The molecule has 0 saturated carbocycles. The van der Waals surface area contributed by atoms with Gasteiger partial charge in [-0.15, -0.1) is 6.42 Å². The maximum Gasteiger partial charge on any atom is 0.418 e. The van der Waals surface area contributed by atoms with Crippen molar-refractivity contribution in [1.29, 1.82) is 0 Å². The van der Waals surface area contributed by atoms with E-state index in [0.717, 1.165) is 6.08 Å². The zero-order chi connectivity index (χ0) is 11.4. The normalized spacial score (nSPS) is 14.4. The van der Waals surface area contributed by atoms with Crippen LogP contribution in [0.25, 0.3) is 0 Å². The summed E-state index contributed by atoms with van der Waals surface area (Å²) in [6.07, 6.45) is 2.17. The predicted molar refractivity (Wildman–Crippen MR) is 55.0 cm³/mol. The Kier molecular flexibility index (Phi) is 5.03. The van der Waals surface area contributed by atoms with Crippen LogP contribution in [0.4, 0.5) is 13.2 Å². The van der Waals surface area contributed by atoms with Crippen molar-refractivity contribution in [2.75, 3.05) is 0 Å². The second-order valence-electron chi connectivity index (χ2n) is 2.10. The van der Waals surface area contributed by atoms with Gasteiger partial charge in [0.1, 0.15) is 5.03 Å². The molecule has 0 amide bonds. The molecule has 0 rings (SSSR count). The Morgan fingerprint density at radius 3 is 2.29 bits per heavy atom. The second kappa shape index (κ2) is 5.28. The van der Waals surface area contributed by atoms with Crippen LogP contribution in [0, 0.1) is 12.3 Å². The van der Waals surface area contributed by atoms with Gasteiger partial charge < -0.3 is 0 Å². The van der Waals surface area contributed by atoms with Gasteiger partial charge in [0.15, 0.2) is 0 Å². The maximum absolute atomic E-state index is 12.3. The third-order valence-electron chi connectivity index (χ3n) is 1.15. The molecule has 76 valence electrons. The van der Waals surface area contributed by atoms with Crippen molar-refractivity contribution in [3.63, 3.8) is 0 Å². The van der Waals surface area contributed by atoms with Crippen LogP contribution in [0.1, 0.15) is 0 Å². The number of terminal acetylenes is 1. The van der Waals surface area contributed by atoms with Crippen LogP contribution >= 0.6 is 27.5 Å². The molecule has 14 heavy (non-hydrogen) atoms. The Hall–Kier alpha value is -0.660. The second-order valence-corrected chi connectivity index (χ2v) is 3.40. The van der Waals surface area contributed by atoms with Crippen LogP contribution < -0.4 is 0 Å². The third kappa shape index (κ3) is 4.03. The Balaban J connectivity index is 5.40.